The van der Waals surface area contributed by atoms with Crippen LogP contribution in [0, 0.1) is 5.92 Å². The Morgan fingerprint density at radius 2 is 1.51 bits per heavy atom. The Kier molecular flexibility index (Phi) is 11.8. The molecule has 0 spiro atoms. The van der Waals surface area contributed by atoms with Gasteiger partial charge in [0, 0.05) is 32.1 Å². The molecule has 0 bridgehead atoms. The van der Waals surface area contributed by atoms with Crippen molar-refractivity contribution in [2.75, 3.05) is 43.0 Å². The third-order valence-corrected chi connectivity index (χ3v) is 11.6. The molecule has 3 aromatic carbocycles. The molecule has 5 atom stereocenters. The number of hydrogen-bond acceptors (Lipinski definition) is 11. The summed E-state index contributed by atoms with van der Waals surface area (Å²) in [5.41, 5.74) is 3.91. The van der Waals surface area contributed by atoms with Crippen molar-refractivity contribution in [3.63, 3.8) is 0 Å². The molecule has 13 nitrogen and oxygen atoms in total. The minimum atomic E-state index is -5.24. The fraction of sp³-hybridized carbons (Fsp3) is 0.419. The summed E-state index contributed by atoms with van der Waals surface area (Å²) >= 11 is 0. The van der Waals surface area contributed by atoms with Crippen LogP contribution in [0.3, 0.4) is 0 Å². The number of carbonyl (C=O) groups excluding carboxylic acids is 2. The first kappa shape index (κ1) is 40.2. The van der Waals surface area contributed by atoms with Gasteiger partial charge in [-0.3, -0.25) is 9.36 Å². The Hall–Kier alpha value is -5.58. The molecule has 0 radical (unpaired) electrons. The summed E-state index contributed by atoms with van der Waals surface area (Å²) in [5, 5.41) is 25.4. The van der Waals surface area contributed by atoms with E-state index in [1.165, 1.54) is 16.5 Å². The van der Waals surface area contributed by atoms with E-state index in [4.69, 9.17) is 14.7 Å². The molecule has 3 saturated heterocycles. The number of esters is 1. The number of halogens is 3. The van der Waals surface area contributed by atoms with E-state index in [9.17, 15) is 33.0 Å². The molecular formula is C43H46F3N7O6. The van der Waals surface area contributed by atoms with Crippen LogP contribution >= 0.6 is 0 Å². The minimum absolute atomic E-state index is 0.00881. The highest BCUT2D eigenvalue weighted by Crippen LogP contribution is 2.36. The summed E-state index contributed by atoms with van der Waals surface area (Å²) in [7, 11) is 0. The zero-order valence-electron chi connectivity index (χ0n) is 32.2. The minimum Gasteiger partial charge on any atom is -0.456 e. The molecule has 0 unspecified atom stereocenters. The number of alkyl halides is 3. The van der Waals surface area contributed by atoms with Crippen LogP contribution in [-0.2, 0) is 25.5 Å². The summed E-state index contributed by atoms with van der Waals surface area (Å²) in [6, 6.07) is 29.9. The molecule has 0 saturated carbocycles. The number of aromatic nitrogens is 4. The van der Waals surface area contributed by atoms with Crippen molar-refractivity contribution in [2.24, 2.45) is 5.92 Å². The molecule has 310 valence electrons. The number of rotatable bonds is 12. The Bertz CT molecular complexity index is 2170. The van der Waals surface area contributed by atoms with Crippen LogP contribution in [0.4, 0.5) is 24.9 Å². The van der Waals surface area contributed by atoms with Gasteiger partial charge in [0.25, 0.3) is 0 Å². The van der Waals surface area contributed by atoms with Crippen LogP contribution in [0.1, 0.15) is 54.5 Å². The molecule has 3 N–H and O–H groups in total. The number of anilines is 2. The molecule has 3 fully saturated rings. The van der Waals surface area contributed by atoms with Crippen LogP contribution in [0.25, 0.3) is 11.2 Å². The van der Waals surface area contributed by atoms with Crippen molar-refractivity contribution in [1.29, 1.82) is 0 Å². The third kappa shape index (κ3) is 8.75. The molecule has 16 heteroatoms. The first-order valence-corrected chi connectivity index (χ1v) is 20.0. The van der Waals surface area contributed by atoms with Crippen molar-refractivity contribution < 1.29 is 42.4 Å². The molecule has 3 aliphatic rings. The van der Waals surface area contributed by atoms with Gasteiger partial charge in [0.15, 0.2) is 23.2 Å². The quantitative estimate of drug-likeness (QED) is 0.142. The number of ether oxygens (including phenoxy) is 2. The molecule has 59 heavy (non-hydrogen) atoms. The van der Waals surface area contributed by atoms with Gasteiger partial charge in [0.2, 0.25) is 11.9 Å². The lowest BCUT2D eigenvalue weighted by Crippen LogP contribution is -2.49. The average Bonchev–Trinajstić information content (AvgIpc) is 3.99. The highest BCUT2D eigenvalue weighted by molar-refractivity contribution is 5.88. The highest BCUT2D eigenvalue weighted by atomic mass is 19.4. The van der Waals surface area contributed by atoms with Crippen LogP contribution < -0.4 is 10.2 Å². The van der Waals surface area contributed by atoms with E-state index >= 15 is 0 Å². The van der Waals surface area contributed by atoms with Crippen LogP contribution in [-0.4, -0.2) is 110 Å². The fourth-order valence-electron chi connectivity index (χ4n) is 8.46. The largest absolute Gasteiger partial charge is 0.490 e. The van der Waals surface area contributed by atoms with E-state index in [0.29, 0.717) is 49.9 Å². The van der Waals surface area contributed by atoms with Gasteiger partial charge in [-0.1, -0.05) is 91.0 Å². The van der Waals surface area contributed by atoms with E-state index in [-0.39, 0.29) is 23.4 Å². The first-order valence-electron chi connectivity index (χ1n) is 20.0. The fourth-order valence-corrected chi connectivity index (χ4v) is 8.46. The molecule has 8 rings (SSSR count). The lowest BCUT2D eigenvalue weighted by Gasteiger charge is -2.35. The van der Waals surface area contributed by atoms with Gasteiger partial charge in [-0.05, 0) is 54.7 Å². The highest BCUT2D eigenvalue weighted by Gasteiger charge is 2.47. The van der Waals surface area contributed by atoms with Crippen molar-refractivity contribution in [3.8, 4) is 0 Å². The molecule has 0 aliphatic carbocycles. The Labute approximate surface area is 338 Å². The summed E-state index contributed by atoms with van der Waals surface area (Å²) in [6.07, 6.45) is -5.99. The zero-order valence-corrected chi connectivity index (χ0v) is 32.2. The first-order chi connectivity index (χ1) is 28.5. The number of amides is 1. The second-order valence-electron chi connectivity index (χ2n) is 15.4. The zero-order chi connectivity index (χ0) is 41.1. The number of aliphatic hydroxyl groups is 2. The summed E-state index contributed by atoms with van der Waals surface area (Å²) in [6.45, 7) is 1.25. The van der Waals surface area contributed by atoms with Crippen molar-refractivity contribution in [2.45, 2.75) is 74.8 Å². The Morgan fingerprint density at radius 1 is 0.864 bits per heavy atom. The van der Waals surface area contributed by atoms with Gasteiger partial charge in [0.05, 0.1) is 6.33 Å². The van der Waals surface area contributed by atoms with Crippen molar-refractivity contribution >= 4 is 34.8 Å². The normalized spacial score (nSPS) is 22.6. The smallest absolute Gasteiger partial charge is 0.456 e. The number of likely N-dealkylation sites (tertiary alicyclic amines) is 1. The number of fused-ring (bicyclic) bond motifs is 1. The lowest BCUT2D eigenvalue weighted by molar-refractivity contribution is -0.203. The molecular weight excluding hydrogens is 768 g/mol. The molecule has 3 aliphatic heterocycles. The third-order valence-electron chi connectivity index (χ3n) is 11.6. The maximum absolute atomic E-state index is 14.2. The molecule has 5 heterocycles. The van der Waals surface area contributed by atoms with Gasteiger partial charge in [-0.25, -0.2) is 9.78 Å². The topological polar surface area (TPSA) is 155 Å². The molecule has 5 aromatic rings. The standard InChI is InChI=1S/C43H46F3N7O6/c44-43(45,46)41(57)58-25-33-35(54)36(55)40(59-33)53-26-48-34-37(47-24-31(29-13-6-2-7-14-29)30-15-8-3-9-16-30)49-42(50-38(34)53)52-20-10-17-32(52)39(56)51-21-18-28(19-22-51)23-27-11-4-1-5-12-27/h1-9,11-16,26,28,31-33,35-36,40,54-55H,10,17-25H2,(H,47,49,50)/t32-,33+,35+,36+,40+/m0/s1. The Balaban J connectivity index is 1.08. The maximum Gasteiger partial charge on any atom is 0.490 e. The van der Waals surface area contributed by atoms with E-state index in [0.717, 1.165) is 36.8 Å². The Morgan fingerprint density at radius 3 is 2.15 bits per heavy atom. The maximum atomic E-state index is 14.2. The predicted molar refractivity (Wildman–Crippen MR) is 211 cm³/mol. The summed E-state index contributed by atoms with van der Waals surface area (Å²) < 4.78 is 50.2. The number of benzene rings is 3. The molecule has 2 aromatic heterocycles. The van der Waals surface area contributed by atoms with Crippen molar-refractivity contribution in [3.05, 3.63) is 114 Å². The number of piperidine rings is 1. The van der Waals surface area contributed by atoms with E-state index < -0.39 is 49.3 Å². The average molecular weight is 814 g/mol. The van der Waals surface area contributed by atoms with E-state index in [2.05, 4.69) is 27.2 Å². The van der Waals surface area contributed by atoms with Gasteiger partial charge >= 0.3 is 12.1 Å². The van der Waals surface area contributed by atoms with E-state index in [1.807, 2.05) is 88.7 Å². The van der Waals surface area contributed by atoms with Crippen LogP contribution in [0.15, 0.2) is 97.3 Å². The van der Waals surface area contributed by atoms with E-state index in [1.54, 1.807) is 0 Å². The van der Waals surface area contributed by atoms with Crippen LogP contribution in [0.5, 0.6) is 0 Å². The lowest BCUT2D eigenvalue weighted by atomic mass is 9.90. The number of carbonyl (C=O) groups is 2. The van der Waals surface area contributed by atoms with Crippen molar-refractivity contribution in [1.82, 2.24) is 24.4 Å². The second-order valence-corrected chi connectivity index (χ2v) is 15.4. The number of hydrogen-bond donors (Lipinski definition) is 3. The van der Waals surface area contributed by atoms with Gasteiger partial charge < -0.3 is 34.8 Å². The summed E-state index contributed by atoms with van der Waals surface area (Å²) in [5.74, 6) is -1.45. The number of nitrogens with one attached hydrogen (secondary N) is 1. The van der Waals surface area contributed by atoms with Gasteiger partial charge in [-0.15, -0.1) is 0 Å². The summed E-state index contributed by atoms with van der Waals surface area (Å²) in [4.78, 5) is 44.0. The monoisotopic (exact) mass is 813 g/mol. The SMILES string of the molecule is O=C([C@@H]1CCCN1c1nc(NCC(c2ccccc2)c2ccccc2)c2ncn([C@@H]3O[C@H](COC(=O)C(F)(F)F)[C@@H](O)[C@H]3O)c2n1)N1CCC(Cc2ccccc2)CC1. The van der Waals surface area contributed by atoms with Gasteiger partial charge in [-0.2, -0.15) is 23.1 Å². The molecule has 1 amide bonds. The predicted octanol–water partition coefficient (Wildman–Crippen LogP) is 5.25. The number of aliphatic hydroxyl groups excluding tert-OH is 2. The number of imidazole rings is 1. The number of nitrogens with zero attached hydrogens (tertiary/aromatic N) is 6. The second kappa shape index (κ2) is 17.3. The van der Waals surface area contributed by atoms with Crippen LogP contribution in [0.2, 0.25) is 0 Å². The van der Waals surface area contributed by atoms with Gasteiger partial charge in [0.1, 0.15) is 31.0 Å².